The second-order valence-electron chi connectivity index (χ2n) is 20.0. The number of benzene rings is 4. The number of fused-ring (bicyclic) bond motifs is 2. The maximum Gasteiger partial charge on any atom is 0.488 e. The van der Waals surface area contributed by atoms with Crippen LogP contribution in [0.25, 0.3) is 55.7 Å². The average Bonchev–Trinajstić information content (AvgIpc) is 1.37. The lowest BCUT2D eigenvalue weighted by atomic mass is 9.79. The van der Waals surface area contributed by atoms with Crippen LogP contribution in [0.2, 0.25) is 0 Å². The van der Waals surface area contributed by atoms with Crippen molar-refractivity contribution >= 4 is 91.4 Å². The second kappa shape index (κ2) is 26.8. The highest BCUT2D eigenvalue weighted by molar-refractivity contribution is 14.1. The number of nitrogens with zero attached hydrogens (tertiary/aromatic N) is 8. The molecule has 0 amide bonds. The van der Waals surface area contributed by atoms with Gasteiger partial charge in [0.05, 0.1) is 108 Å². The van der Waals surface area contributed by atoms with Gasteiger partial charge in [0.2, 0.25) is 0 Å². The maximum atomic E-state index is 15.4. The molecule has 2 aliphatic rings. The maximum absolute atomic E-state index is 15.4. The topological polar surface area (TPSA) is 167 Å². The molecule has 2 saturated heterocycles. The van der Waals surface area contributed by atoms with Crippen molar-refractivity contribution in [3.63, 3.8) is 0 Å². The third-order valence-electron chi connectivity index (χ3n) is 14.2. The molecule has 6 aromatic heterocycles. The number of hydrogen-bond donors (Lipinski definition) is 4. The van der Waals surface area contributed by atoms with E-state index in [0.717, 1.165) is 70.6 Å². The number of ether oxygens (including phenoxy) is 2. The molecule has 4 N–H and O–H groups in total. The monoisotopic (exact) mass is 1330 g/mol. The molecular weight excluding hydrogens is 1280 g/mol. The predicted octanol–water partition coefficient (Wildman–Crippen LogP) is 13.4. The summed E-state index contributed by atoms with van der Waals surface area (Å²) in [5.41, 5.74) is 4.32. The molecule has 0 bridgehead atoms. The quantitative estimate of drug-likeness (QED) is 0.0580. The highest BCUT2D eigenvalue weighted by Gasteiger charge is 2.33. The molecule has 14 nitrogen and oxygen atoms in total. The minimum atomic E-state index is -4.55. The molecular formula is C62H50BF10IN10O4. The van der Waals surface area contributed by atoms with Gasteiger partial charge in [0, 0.05) is 104 Å². The normalized spacial score (nSPS) is 13.6. The fraction of sp³-hybridized carbons (Fsp3) is 0.194. The Morgan fingerprint density at radius 2 is 1.00 bits per heavy atom. The van der Waals surface area contributed by atoms with E-state index in [9.17, 15) is 35.1 Å². The van der Waals surface area contributed by atoms with E-state index in [2.05, 4.69) is 68.0 Å². The summed E-state index contributed by atoms with van der Waals surface area (Å²) >= 11 is 2.19. The van der Waals surface area contributed by atoms with E-state index in [1.807, 2.05) is 36.1 Å². The molecule has 88 heavy (non-hydrogen) atoms. The summed E-state index contributed by atoms with van der Waals surface area (Å²) < 4.78 is 148. The van der Waals surface area contributed by atoms with Crippen LogP contribution in [-0.4, -0.2) is 99.7 Å². The van der Waals surface area contributed by atoms with Gasteiger partial charge in [-0.1, -0.05) is 48.5 Å². The van der Waals surface area contributed by atoms with Crippen molar-refractivity contribution in [1.29, 1.82) is 0 Å². The van der Waals surface area contributed by atoms with Crippen LogP contribution >= 0.6 is 22.6 Å². The van der Waals surface area contributed by atoms with Gasteiger partial charge in [0.15, 0.2) is 0 Å². The van der Waals surface area contributed by atoms with Crippen LogP contribution in [0.3, 0.4) is 0 Å². The highest BCUT2D eigenvalue weighted by Crippen LogP contribution is 2.42. The third kappa shape index (κ3) is 14.4. The first-order chi connectivity index (χ1) is 42.1. The molecule has 452 valence electrons. The van der Waals surface area contributed by atoms with Gasteiger partial charge in [-0.05, 0) is 83.9 Å². The molecule has 2 fully saturated rings. The second-order valence-corrected chi connectivity index (χ2v) is 21.2. The summed E-state index contributed by atoms with van der Waals surface area (Å²) in [5, 5.41) is 24.1. The lowest BCUT2D eigenvalue weighted by Gasteiger charge is -2.29. The first-order valence-corrected chi connectivity index (χ1v) is 28.2. The van der Waals surface area contributed by atoms with Crippen LogP contribution < -0.4 is 25.9 Å². The zero-order valence-corrected chi connectivity index (χ0v) is 48.7. The number of halogens is 11. The van der Waals surface area contributed by atoms with E-state index in [1.165, 1.54) is 24.4 Å². The summed E-state index contributed by atoms with van der Waals surface area (Å²) in [4.78, 5) is 31.1. The molecule has 0 radical (unpaired) electrons. The zero-order valence-electron chi connectivity index (χ0n) is 46.5. The molecule has 0 atom stereocenters. The first kappa shape index (κ1) is 62.5. The molecule has 2 aliphatic heterocycles. The third-order valence-corrected chi connectivity index (χ3v) is 15.1. The number of alkyl halides is 6. The van der Waals surface area contributed by atoms with Gasteiger partial charge in [-0.25, -0.2) is 37.5 Å². The van der Waals surface area contributed by atoms with Crippen molar-refractivity contribution in [2.24, 2.45) is 0 Å². The van der Waals surface area contributed by atoms with E-state index >= 15 is 8.78 Å². The van der Waals surface area contributed by atoms with Crippen LogP contribution in [0.15, 0.2) is 146 Å². The van der Waals surface area contributed by atoms with Crippen LogP contribution in [-0.2, 0) is 21.8 Å². The van der Waals surface area contributed by atoms with E-state index < -0.39 is 53.9 Å². The van der Waals surface area contributed by atoms with Crippen molar-refractivity contribution in [1.82, 2.24) is 29.9 Å². The standard InChI is InChI=1S/C31H24F5N5O.C24H20F2IN5O.C7H6BF3O2/c1-18-29(24-7-2-3-8-37-24)40-26-15-21(32)14-23(33)28(26)30(18)39-25-16-27(41-9-11-42-12-10-41)38-17-22(25)19-5-4-6-20(13-19)31(34,35)36;1-14-23(18-4-2-3-5-28-18)31-20-11-15(25)10-16(26)22(20)24(14)30-19-12-21(29-13-17(19)27)32-6-8-33-9-7-32;9-7(10,11)5-2-1-3-6(4-5)8(12)13/h2-8,13-17H,9-12H2,1H3,(H,38,39,40);2-5,10-13H,6-9H2,1H3,(H,29,30,31);1-4,12-13H. The Bertz CT molecular complexity index is 4150. The van der Waals surface area contributed by atoms with Gasteiger partial charge in [0.25, 0.3) is 0 Å². The Morgan fingerprint density at radius 1 is 0.534 bits per heavy atom. The zero-order chi connectivity index (χ0) is 62.4. The average molecular weight is 1330 g/mol. The molecule has 0 spiro atoms. The van der Waals surface area contributed by atoms with E-state index in [0.29, 0.717) is 102 Å². The Balaban J connectivity index is 0.000000165. The Morgan fingerprint density at radius 3 is 1.48 bits per heavy atom. The Labute approximate surface area is 510 Å². The van der Waals surface area contributed by atoms with E-state index in [-0.39, 0.29) is 38.5 Å². The van der Waals surface area contributed by atoms with Crippen molar-refractivity contribution in [3.8, 4) is 33.9 Å². The number of rotatable bonds is 10. The molecule has 10 aromatic rings. The smallest absolute Gasteiger partial charge is 0.423 e. The van der Waals surface area contributed by atoms with Gasteiger partial charge in [0.1, 0.15) is 34.9 Å². The number of anilines is 6. The Kier molecular flexibility index (Phi) is 19.0. The van der Waals surface area contributed by atoms with Crippen molar-refractivity contribution in [3.05, 3.63) is 195 Å². The van der Waals surface area contributed by atoms with Gasteiger partial charge >= 0.3 is 19.5 Å². The van der Waals surface area contributed by atoms with Crippen LogP contribution in [0.1, 0.15) is 22.3 Å². The largest absolute Gasteiger partial charge is 0.488 e. The summed E-state index contributed by atoms with van der Waals surface area (Å²) in [5.74, 6) is -1.59. The highest BCUT2D eigenvalue weighted by atomic mass is 127. The van der Waals surface area contributed by atoms with Crippen molar-refractivity contribution < 1.29 is 63.4 Å². The molecule has 0 saturated carbocycles. The van der Waals surface area contributed by atoms with Crippen LogP contribution in [0.5, 0.6) is 0 Å². The molecule has 0 unspecified atom stereocenters. The van der Waals surface area contributed by atoms with Gasteiger partial charge < -0.3 is 40.0 Å². The Hall–Kier alpha value is -8.57. The van der Waals surface area contributed by atoms with Gasteiger partial charge in [-0.2, -0.15) is 26.3 Å². The number of pyridine rings is 6. The molecule has 26 heteroatoms. The molecule has 12 rings (SSSR count). The first-order valence-electron chi connectivity index (χ1n) is 27.1. The number of morpholine rings is 2. The van der Waals surface area contributed by atoms with Crippen molar-refractivity contribution in [2.75, 3.05) is 73.0 Å². The summed E-state index contributed by atoms with van der Waals surface area (Å²) in [6.07, 6.45) is -2.47. The number of aromatic nitrogens is 6. The van der Waals surface area contributed by atoms with Crippen LogP contribution in [0.4, 0.5) is 78.3 Å². The van der Waals surface area contributed by atoms with Crippen molar-refractivity contribution in [2.45, 2.75) is 26.2 Å². The predicted molar refractivity (Wildman–Crippen MR) is 325 cm³/mol. The molecule has 8 heterocycles. The van der Waals surface area contributed by atoms with Gasteiger partial charge in [-0.15, -0.1) is 0 Å². The lowest BCUT2D eigenvalue weighted by Crippen LogP contribution is -2.36. The lowest BCUT2D eigenvalue weighted by molar-refractivity contribution is -0.138. The minimum Gasteiger partial charge on any atom is -0.423 e. The van der Waals surface area contributed by atoms with Gasteiger partial charge in [-0.3, -0.25) is 9.97 Å². The number of nitrogens with one attached hydrogen (secondary N) is 2. The summed E-state index contributed by atoms with van der Waals surface area (Å²) in [6.45, 7) is 8.53. The summed E-state index contributed by atoms with van der Waals surface area (Å²) in [6, 6.07) is 27.2. The minimum absolute atomic E-state index is 0.0355. The van der Waals surface area contributed by atoms with E-state index in [1.54, 1.807) is 55.8 Å². The molecule has 0 aliphatic carbocycles. The molecule has 4 aromatic carbocycles. The van der Waals surface area contributed by atoms with E-state index in [4.69, 9.17) is 19.5 Å². The fourth-order valence-corrected chi connectivity index (χ4v) is 10.3. The summed E-state index contributed by atoms with van der Waals surface area (Å²) in [7, 11) is -1.87. The fourth-order valence-electron chi connectivity index (χ4n) is 9.87. The number of hydrogen-bond acceptors (Lipinski definition) is 14. The van der Waals surface area contributed by atoms with Crippen LogP contribution in [0, 0.1) is 40.7 Å². The SMILES string of the molecule is Cc1c(-c2ccccn2)nc2cc(F)cc(F)c2c1Nc1cc(N2CCOCC2)ncc1-c1cccc(C(F)(F)F)c1.Cc1c(-c2ccccn2)nc2cc(F)cc(F)c2c1Nc1cc(N2CCOCC2)ncc1I.OB(O)c1cccc(C(F)(F)F)c1.